The number of rotatable bonds is 0. The highest BCUT2D eigenvalue weighted by atomic mass is 32.2. The third kappa shape index (κ3) is 2.50. The van der Waals surface area contributed by atoms with Gasteiger partial charge in [-0.25, -0.2) is 8.42 Å². The highest BCUT2D eigenvalue weighted by Crippen LogP contribution is 1.93. The fourth-order valence-corrected chi connectivity index (χ4v) is 1.11. The largest absolute Gasteiger partial charge is 0.410 e. The predicted molar refractivity (Wildman–Crippen MR) is 42.8 cm³/mol. The minimum atomic E-state index is -3.75. The molecule has 0 heterocycles. The summed E-state index contributed by atoms with van der Waals surface area (Å²) in [6.45, 7) is 0. The van der Waals surface area contributed by atoms with Crippen molar-refractivity contribution in [2.45, 2.75) is 0 Å². The standard InChI is InChI=1S/C5H10N2O4S/c1-7(2)5(8)4(6-9)12(3,10)11/h9H,1-3H3/b6-4-. The van der Waals surface area contributed by atoms with E-state index in [9.17, 15) is 13.2 Å². The van der Waals surface area contributed by atoms with E-state index in [-0.39, 0.29) is 0 Å². The minimum absolute atomic E-state index is 0.795. The van der Waals surface area contributed by atoms with Crippen molar-refractivity contribution >= 4 is 20.8 Å². The lowest BCUT2D eigenvalue weighted by molar-refractivity contribution is -0.121. The number of hydrogen-bond acceptors (Lipinski definition) is 5. The molecule has 0 rings (SSSR count). The van der Waals surface area contributed by atoms with E-state index in [1.54, 1.807) is 0 Å². The first-order chi connectivity index (χ1) is 5.30. The molecule has 0 saturated heterocycles. The summed E-state index contributed by atoms with van der Waals surface area (Å²) in [4.78, 5) is 12.0. The van der Waals surface area contributed by atoms with E-state index < -0.39 is 20.8 Å². The van der Waals surface area contributed by atoms with Gasteiger partial charge in [0.15, 0.2) is 0 Å². The number of carbonyl (C=O) groups is 1. The number of nitrogens with zero attached hydrogens (tertiary/aromatic N) is 2. The molecule has 70 valence electrons. The lowest BCUT2D eigenvalue weighted by atomic mass is 10.6. The Bertz CT molecular complexity index is 303. The van der Waals surface area contributed by atoms with E-state index in [2.05, 4.69) is 5.16 Å². The Balaban J connectivity index is 5.00. The molecule has 7 heteroatoms. The Labute approximate surface area is 70.4 Å². The number of hydrogen-bond donors (Lipinski definition) is 1. The summed E-state index contributed by atoms with van der Waals surface area (Å²) in [5.41, 5.74) is 0. The Kier molecular flexibility index (Phi) is 3.20. The fraction of sp³-hybridized carbons (Fsp3) is 0.600. The zero-order valence-corrected chi connectivity index (χ0v) is 7.79. The first-order valence-electron chi connectivity index (χ1n) is 2.94. The van der Waals surface area contributed by atoms with Gasteiger partial charge in [-0.05, 0) is 0 Å². The molecule has 1 N–H and O–H groups in total. The lowest BCUT2D eigenvalue weighted by Crippen LogP contribution is -2.34. The predicted octanol–water partition coefficient (Wildman–Crippen LogP) is -1.09. The summed E-state index contributed by atoms with van der Waals surface area (Å²) in [5, 5.41) is 9.81. The average molecular weight is 194 g/mol. The molecule has 0 atom stereocenters. The van der Waals surface area contributed by atoms with E-state index in [0.29, 0.717) is 0 Å². The van der Waals surface area contributed by atoms with Gasteiger partial charge < -0.3 is 10.1 Å². The van der Waals surface area contributed by atoms with Crippen LogP contribution in [0.4, 0.5) is 0 Å². The van der Waals surface area contributed by atoms with Crippen LogP contribution in [0.15, 0.2) is 5.16 Å². The van der Waals surface area contributed by atoms with Crippen LogP contribution in [0.1, 0.15) is 0 Å². The first kappa shape index (κ1) is 10.9. The molecule has 0 aliphatic heterocycles. The summed E-state index contributed by atoms with van der Waals surface area (Å²) in [6.07, 6.45) is 0.795. The summed E-state index contributed by atoms with van der Waals surface area (Å²) >= 11 is 0. The van der Waals surface area contributed by atoms with Crippen molar-refractivity contribution in [2.24, 2.45) is 5.16 Å². The van der Waals surface area contributed by atoms with Gasteiger partial charge in [-0.2, -0.15) is 0 Å². The van der Waals surface area contributed by atoms with Gasteiger partial charge in [0.1, 0.15) is 0 Å². The van der Waals surface area contributed by atoms with Gasteiger partial charge >= 0.3 is 0 Å². The van der Waals surface area contributed by atoms with Gasteiger partial charge in [-0.3, -0.25) is 4.79 Å². The normalized spacial score (nSPS) is 12.8. The summed E-state index contributed by atoms with van der Waals surface area (Å²) in [7, 11) is -1.03. The first-order valence-corrected chi connectivity index (χ1v) is 4.83. The summed E-state index contributed by atoms with van der Waals surface area (Å²) in [6, 6.07) is 0. The van der Waals surface area contributed by atoms with Crippen LogP contribution in [0.3, 0.4) is 0 Å². The van der Waals surface area contributed by atoms with Crippen molar-refractivity contribution in [1.82, 2.24) is 4.90 Å². The quantitative estimate of drug-likeness (QED) is 0.230. The molecule has 1 amide bonds. The minimum Gasteiger partial charge on any atom is -0.410 e. The van der Waals surface area contributed by atoms with Crippen LogP contribution in [0.5, 0.6) is 0 Å². The van der Waals surface area contributed by atoms with E-state index in [1.165, 1.54) is 14.1 Å². The van der Waals surface area contributed by atoms with Crippen LogP contribution in [-0.2, 0) is 14.6 Å². The van der Waals surface area contributed by atoms with Gasteiger partial charge in [0.25, 0.3) is 11.0 Å². The van der Waals surface area contributed by atoms with E-state index in [0.717, 1.165) is 11.2 Å². The molecule has 0 aliphatic rings. The van der Waals surface area contributed by atoms with Gasteiger partial charge in [-0.1, -0.05) is 5.16 Å². The van der Waals surface area contributed by atoms with E-state index in [1.807, 2.05) is 0 Å². The maximum Gasteiger partial charge on any atom is 0.287 e. The van der Waals surface area contributed by atoms with Gasteiger partial charge in [-0.15, -0.1) is 0 Å². The van der Waals surface area contributed by atoms with Crippen LogP contribution in [0.25, 0.3) is 0 Å². The van der Waals surface area contributed by atoms with Crippen LogP contribution in [-0.4, -0.2) is 49.8 Å². The lowest BCUT2D eigenvalue weighted by Gasteiger charge is -2.08. The highest BCUT2D eigenvalue weighted by molar-refractivity contribution is 8.07. The molecular weight excluding hydrogens is 184 g/mol. The van der Waals surface area contributed by atoms with Gasteiger partial charge in [0, 0.05) is 20.4 Å². The number of amides is 1. The number of sulfone groups is 1. The van der Waals surface area contributed by atoms with Crippen LogP contribution in [0, 0.1) is 0 Å². The molecule has 0 spiro atoms. The summed E-state index contributed by atoms with van der Waals surface area (Å²) in [5.74, 6) is -0.847. The molecule has 0 bridgehead atoms. The molecule has 0 saturated carbocycles. The van der Waals surface area contributed by atoms with Gasteiger partial charge in [0.05, 0.1) is 0 Å². The fourth-order valence-electron chi connectivity index (χ4n) is 0.467. The van der Waals surface area contributed by atoms with Crippen molar-refractivity contribution in [2.75, 3.05) is 20.4 Å². The third-order valence-corrected chi connectivity index (χ3v) is 1.99. The van der Waals surface area contributed by atoms with Crippen LogP contribution >= 0.6 is 0 Å². The monoisotopic (exact) mass is 194 g/mol. The average Bonchev–Trinajstić information content (AvgIpc) is 1.85. The second-order valence-electron chi connectivity index (χ2n) is 2.38. The Hall–Kier alpha value is -1.11. The molecule has 6 nitrogen and oxygen atoms in total. The molecule has 0 unspecified atom stereocenters. The molecule has 0 aromatic heterocycles. The Morgan fingerprint density at radius 3 is 1.92 bits per heavy atom. The Morgan fingerprint density at radius 1 is 1.42 bits per heavy atom. The van der Waals surface area contributed by atoms with Crippen molar-refractivity contribution in [3.05, 3.63) is 0 Å². The molecule has 0 fully saturated rings. The smallest absolute Gasteiger partial charge is 0.287 e. The second-order valence-corrected chi connectivity index (χ2v) is 4.31. The molecule has 0 aromatic carbocycles. The maximum atomic E-state index is 11.0. The summed E-state index contributed by atoms with van der Waals surface area (Å²) < 4.78 is 21.5. The molecule has 12 heavy (non-hydrogen) atoms. The maximum absolute atomic E-state index is 11.0. The SMILES string of the molecule is CN(C)C(=O)/C(=N/O)S(C)(=O)=O. The number of oxime groups is 1. The van der Waals surface area contributed by atoms with E-state index in [4.69, 9.17) is 5.21 Å². The zero-order chi connectivity index (χ0) is 9.94. The molecular formula is C5H10N2O4S. The van der Waals surface area contributed by atoms with Gasteiger partial charge in [0.2, 0.25) is 9.84 Å². The zero-order valence-electron chi connectivity index (χ0n) is 6.97. The van der Waals surface area contributed by atoms with Crippen LogP contribution < -0.4 is 0 Å². The second kappa shape index (κ2) is 3.53. The van der Waals surface area contributed by atoms with Crippen molar-refractivity contribution in [3.8, 4) is 0 Å². The number of carbonyl (C=O) groups excluding carboxylic acids is 1. The Morgan fingerprint density at radius 2 is 1.83 bits per heavy atom. The van der Waals surface area contributed by atoms with E-state index >= 15 is 0 Å². The molecule has 0 aliphatic carbocycles. The van der Waals surface area contributed by atoms with Crippen molar-refractivity contribution in [3.63, 3.8) is 0 Å². The van der Waals surface area contributed by atoms with Crippen LogP contribution in [0.2, 0.25) is 0 Å². The molecule has 0 aromatic rings. The van der Waals surface area contributed by atoms with Crippen molar-refractivity contribution < 1.29 is 18.4 Å². The third-order valence-electron chi connectivity index (χ3n) is 1.03. The molecule has 0 radical (unpaired) electrons. The topological polar surface area (TPSA) is 87.0 Å². The van der Waals surface area contributed by atoms with Crippen molar-refractivity contribution in [1.29, 1.82) is 0 Å². The highest BCUT2D eigenvalue weighted by Gasteiger charge is 2.24.